The lowest BCUT2D eigenvalue weighted by Gasteiger charge is -2.22. The number of nitrogens with one attached hydrogen (secondary N) is 4. The molecule has 20 heteroatoms. The number of hydrogen-bond acceptors (Lipinski definition) is 10. The first-order valence-corrected chi connectivity index (χ1v) is 22.2. The fourth-order valence-electron chi connectivity index (χ4n) is 4.92. The van der Waals surface area contributed by atoms with Gasteiger partial charge in [0.1, 0.15) is 18.0 Å². The highest BCUT2D eigenvalue weighted by Gasteiger charge is 2.38. The van der Waals surface area contributed by atoms with Crippen molar-refractivity contribution in [2.45, 2.75) is 90.3 Å². The lowest BCUT2D eigenvalue weighted by molar-refractivity contribution is -0.192. The van der Waals surface area contributed by atoms with Crippen LogP contribution in [-0.2, 0) is 40.8 Å². The summed E-state index contributed by atoms with van der Waals surface area (Å²) < 4.78 is 93.7. The van der Waals surface area contributed by atoms with E-state index in [1.165, 1.54) is 0 Å². The minimum atomic E-state index is -5.08. The maximum Gasteiger partial charge on any atom is 0.490 e. The molecule has 2 amide bonds. The number of amides is 2. The summed E-state index contributed by atoms with van der Waals surface area (Å²) in [5, 5.41) is 12.9. The number of alkyl halides is 3. The third-order valence-corrected chi connectivity index (χ3v) is 8.74. The van der Waals surface area contributed by atoms with E-state index in [-0.39, 0.29) is 5.91 Å². The number of nitrogens with zero attached hydrogens (tertiary/aromatic N) is 1. The number of hydrogen-bond donors (Lipinski definition) is 5. The molecule has 0 radical (unpaired) electrons. The van der Waals surface area contributed by atoms with E-state index in [2.05, 4.69) is 25.0 Å². The van der Waals surface area contributed by atoms with Crippen molar-refractivity contribution in [3.05, 3.63) is 54.1 Å². The van der Waals surface area contributed by atoms with Crippen LogP contribution in [0.1, 0.15) is 77.7 Å². The second-order valence-corrected chi connectivity index (χ2v) is 17.7. The summed E-state index contributed by atoms with van der Waals surface area (Å²) in [6, 6.07) is 14.2. The Morgan fingerprint density at radius 2 is 1.19 bits per heavy atom. The van der Waals surface area contributed by atoms with E-state index in [1.807, 2.05) is 32.9 Å². The number of ether oxygens (including phenoxy) is 2. The number of carboxylic acid groups (broad SMARTS) is 1. The summed E-state index contributed by atoms with van der Waals surface area (Å²) in [6.45, 7) is 9.48. The molecule has 0 aliphatic heterocycles. The molecular weight excluding hydrogens is 796 g/mol. The molecule has 15 nitrogen and oxygen atoms in total. The average Bonchev–Trinajstić information content (AvgIpc) is 3.07. The zero-order valence-corrected chi connectivity index (χ0v) is 34.9. The minimum Gasteiger partial charge on any atom is -0.492 e. The van der Waals surface area contributed by atoms with E-state index in [4.69, 9.17) is 19.4 Å². The molecule has 0 saturated heterocycles. The molecule has 0 unspecified atom stereocenters. The van der Waals surface area contributed by atoms with E-state index < -0.39 is 43.9 Å². The summed E-state index contributed by atoms with van der Waals surface area (Å²) in [4.78, 5) is 35.1. The minimum absolute atomic E-state index is 0.0534. The SMILES string of the molecule is CC(C)(C)OC(=O)NCCCCCC(=O)NCCCCCCN(CCOc1ccc(NS(C)(=O)=O)cc1)CCc1ccc(NS(C)(=O)=O)cc1.O=C(O)C(F)(F)F. The summed E-state index contributed by atoms with van der Waals surface area (Å²) >= 11 is 0. The fraction of sp³-hybridized carbons (Fsp3) is 0.595. The topological polar surface area (TPSA) is 210 Å². The van der Waals surface area contributed by atoms with Crippen LogP contribution in [0, 0.1) is 0 Å². The molecule has 324 valence electrons. The van der Waals surface area contributed by atoms with Gasteiger partial charge >= 0.3 is 18.2 Å². The highest BCUT2D eigenvalue weighted by Crippen LogP contribution is 2.17. The highest BCUT2D eigenvalue weighted by atomic mass is 32.2. The maximum atomic E-state index is 12.2. The third-order valence-electron chi connectivity index (χ3n) is 7.52. The Hall–Kier alpha value is -4.30. The van der Waals surface area contributed by atoms with Gasteiger partial charge in [-0.2, -0.15) is 13.2 Å². The maximum absolute atomic E-state index is 12.2. The zero-order chi connectivity index (χ0) is 43.1. The molecule has 0 aliphatic carbocycles. The van der Waals surface area contributed by atoms with Gasteiger partial charge in [-0.05, 0) is 101 Å². The number of benzene rings is 2. The number of carboxylic acids is 1. The summed E-state index contributed by atoms with van der Waals surface area (Å²) in [5.74, 6) is -2.06. The number of carbonyl (C=O) groups is 3. The van der Waals surface area contributed by atoms with Gasteiger partial charge in [0.2, 0.25) is 26.0 Å². The van der Waals surface area contributed by atoms with Crippen molar-refractivity contribution in [1.82, 2.24) is 15.5 Å². The number of rotatable bonds is 24. The second kappa shape index (κ2) is 25.1. The smallest absolute Gasteiger partial charge is 0.490 e. The molecule has 0 fully saturated rings. The molecule has 2 aromatic rings. The number of unbranched alkanes of at least 4 members (excludes halogenated alkanes) is 5. The van der Waals surface area contributed by atoms with E-state index >= 15 is 0 Å². The van der Waals surface area contributed by atoms with Crippen LogP contribution in [0.25, 0.3) is 0 Å². The van der Waals surface area contributed by atoms with E-state index in [9.17, 15) is 39.6 Å². The summed E-state index contributed by atoms with van der Waals surface area (Å²) in [7, 11) is -6.68. The Morgan fingerprint density at radius 1 is 0.702 bits per heavy atom. The molecule has 0 spiro atoms. The zero-order valence-electron chi connectivity index (χ0n) is 33.2. The predicted molar refractivity (Wildman–Crippen MR) is 213 cm³/mol. The summed E-state index contributed by atoms with van der Waals surface area (Å²) in [5.41, 5.74) is 1.58. The van der Waals surface area contributed by atoms with Crippen molar-refractivity contribution in [2.75, 3.05) is 61.3 Å². The van der Waals surface area contributed by atoms with Crippen LogP contribution < -0.4 is 24.8 Å². The molecule has 0 aliphatic rings. The molecule has 5 N–H and O–H groups in total. The standard InChI is InChI=1S/C35H57N5O8S2.C2HF3O2/c1-35(2,3)48-34(42)37-24-11-8-9-13-33(41)36-23-10-6-7-12-25-40(26-22-29-14-16-30(17-15-29)38-49(4,43)44)27-28-47-32-20-18-31(19-21-32)39-50(5,45)46;3-2(4,5)1(6)7/h14-21,38-39H,6-13,22-28H2,1-5H3,(H,36,41)(H,37,42);(H,6,7). The van der Waals surface area contributed by atoms with E-state index in [1.54, 1.807) is 36.4 Å². The van der Waals surface area contributed by atoms with Gasteiger partial charge < -0.3 is 25.2 Å². The van der Waals surface area contributed by atoms with Crippen LogP contribution in [0.5, 0.6) is 5.75 Å². The monoisotopic (exact) mass is 853 g/mol. The van der Waals surface area contributed by atoms with Crippen molar-refractivity contribution in [2.24, 2.45) is 0 Å². The molecule has 57 heavy (non-hydrogen) atoms. The highest BCUT2D eigenvalue weighted by molar-refractivity contribution is 7.92. The first-order chi connectivity index (χ1) is 26.4. The number of aliphatic carboxylic acids is 1. The quantitative estimate of drug-likeness (QED) is 0.0804. The first kappa shape index (κ1) is 50.7. The van der Waals surface area contributed by atoms with Gasteiger partial charge in [-0.15, -0.1) is 0 Å². The average molecular weight is 854 g/mol. The molecule has 0 bridgehead atoms. The van der Waals surface area contributed by atoms with Crippen molar-refractivity contribution >= 4 is 49.4 Å². The Kier molecular flexibility index (Phi) is 22.4. The van der Waals surface area contributed by atoms with Gasteiger partial charge in [-0.3, -0.25) is 19.1 Å². The van der Waals surface area contributed by atoms with Crippen molar-refractivity contribution in [3.8, 4) is 5.75 Å². The van der Waals surface area contributed by atoms with Crippen molar-refractivity contribution in [3.63, 3.8) is 0 Å². The first-order valence-electron chi connectivity index (χ1n) is 18.5. The van der Waals surface area contributed by atoms with Gasteiger partial charge in [0.25, 0.3) is 0 Å². The van der Waals surface area contributed by atoms with Crippen LogP contribution in [0.4, 0.5) is 29.3 Å². The normalized spacial score (nSPS) is 11.9. The van der Waals surface area contributed by atoms with Crippen LogP contribution in [0.2, 0.25) is 0 Å². The van der Waals surface area contributed by atoms with Crippen LogP contribution >= 0.6 is 0 Å². The lowest BCUT2D eigenvalue weighted by Crippen LogP contribution is -2.33. The number of alkyl carbamates (subject to hydrolysis) is 1. The molecule has 2 aromatic carbocycles. The van der Waals surface area contributed by atoms with Crippen LogP contribution in [-0.4, -0.2) is 108 Å². The fourth-order valence-corrected chi connectivity index (χ4v) is 6.05. The molecule has 0 heterocycles. The number of carbonyl (C=O) groups excluding carboxylic acids is 2. The summed E-state index contributed by atoms with van der Waals surface area (Å²) in [6.07, 6.45) is 4.34. The van der Waals surface area contributed by atoms with Crippen LogP contribution in [0.15, 0.2) is 48.5 Å². The van der Waals surface area contributed by atoms with Gasteiger partial charge in [0, 0.05) is 44.0 Å². The molecule has 0 saturated carbocycles. The van der Waals surface area contributed by atoms with E-state index in [0.29, 0.717) is 49.8 Å². The van der Waals surface area contributed by atoms with Crippen molar-refractivity contribution in [1.29, 1.82) is 0 Å². The Balaban J connectivity index is 0.00000211. The molecule has 0 atom stereocenters. The number of sulfonamides is 2. The van der Waals surface area contributed by atoms with Crippen LogP contribution in [0.3, 0.4) is 0 Å². The number of halogens is 3. The van der Waals surface area contributed by atoms with Crippen molar-refractivity contribution < 1.29 is 59.0 Å². The Morgan fingerprint density at radius 3 is 1.70 bits per heavy atom. The van der Waals surface area contributed by atoms with Gasteiger partial charge in [-0.1, -0.05) is 31.4 Å². The Bertz CT molecular complexity index is 1720. The second-order valence-electron chi connectivity index (χ2n) is 14.2. The predicted octanol–water partition coefficient (Wildman–Crippen LogP) is 5.75. The third kappa shape index (κ3) is 28.7. The molecule has 2 rings (SSSR count). The largest absolute Gasteiger partial charge is 0.492 e. The van der Waals surface area contributed by atoms with Gasteiger partial charge in [0.05, 0.1) is 12.5 Å². The molecule has 0 aromatic heterocycles. The lowest BCUT2D eigenvalue weighted by atomic mass is 10.1. The number of anilines is 2. The molecular formula is C37H58F3N5O10S2. The Labute approximate surface area is 334 Å². The van der Waals surface area contributed by atoms with Gasteiger partial charge in [0.15, 0.2) is 0 Å². The van der Waals surface area contributed by atoms with E-state index in [0.717, 1.165) is 82.5 Å². The van der Waals surface area contributed by atoms with Gasteiger partial charge in [-0.25, -0.2) is 26.4 Å².